The lowest BCUT2D eigenvalue weighted by atomic mass is 9.98. The molecule has 0 radical (unpaired) electrons. The van der Waals surface area contributed by atoms with Gasteiger partial charge in [-0.1, -0.05) is 91.0 Å². The molecule has 2 atom stereocenters. The topological polar surface area (TPSA) is 76.7 Å². The molecule has 0 bridgehead atoms. The van der Waals surface area contributed by atoms with E-state index in [4.69, 9.17) is 9.47 Å². The maximum atomic E-state index is 13.5. The number of benzene rings is 4. The summed E-state index contributed by atoms with van der Waals surface area (Å²) in [6, 6.07) is 32.7. The molecule has 6 nitrogen and oxygen atoms in total. The fourth-order valence-corrected chi connectivity index (χ4v) is 5.41. The molecule has 0 saturated heterocycles. The summed E-state index contributed by atoms with van der Waals surface area (Å²) < 4.78 is 11.7. The molecule has 1 aliphatic rings. The number of amides is 2. The van der Waals surface area contributed by atoms with Crippen LogP contribution in [0, 0.1) is 0 Å². The van der Waals surface area contributed by atoms with Crippen molar-refractivity contribution in [1.82, 2.24) is 10.6 Å². The van der Waals surface area contributed by atoms with Crippen molar-refractivity contribution >= 4 is 12.0 Å². The van der Waals surface area contributed by atoms with Gasteiger partial charge >= 0.3 is 6.09 Å². The van der Waals surface area contributed by atoms with E-state index in [9.17, 15) is 9.59 Å². The quantitative estimate of drug-likeness (QED) is 0.226. The van der Waals surface area contributed by atoms with Crippen molar-refractivity contribution < 1.29 is 19.1 Å². The lowest BCUT2D eigenvalue weighted by Gasteiger charge is -2.23. The van der Waals surface area contributed by atoms with E-state index in [1.807, 2.05) is 107 Å². The molecule has 5 rings (SSSR count). The van der Waals surface area contributed by atoms with Crippen molar-refractivity contribution in [3.63, 3.8) is 0 Å². The highest BCUT2D eigenvalue weighted by Gasteiger charge is 2.30. The third-order valence-electron chi connectivity index (χ3n) is 7.40. The smallest absolute Gasteiger partial charge is 0.407 e. The van der Waals surface area contributed by atoms with Crippen LogP contribution in [0.1, 0.15) is 61.9 Å². The zero-order valence-electron chi connectivity index (χ0n) is 24.6. The molecule has 42 heavy (non-hydrogen) atoms. The lowest BCUT2D eigenvalue weighted by molar-refractivity contribution is -0.123. The number of carbonyl (C=O) groups is 2. The van der Waals surface area contributed by atoms with Crippen LogP contribution in [0.5, 0.6) is 5.75 Å². The highest BCUT2D eigenvalue weighted by molar-refractivity contribution is 5.86. The van der Waals surface area contributed by atoms with Gasteiger partial charge in [0, 0.05) is 12.3 Å². The van der Waals surface area contributed by atoms with Crippen LogP contribution in [0.15, 0.2) is 103 Å². The van der Waals surface area contributed by atoms with E-state index in [1.54, 1.807) is 0 Å². The summed E-state index contributed by atoms with van der Waals surface area (Å²) in [5.41, 5.74) is 6.15. The maximum absolute atomic E-state index is 13.5. The summed E-state index contributed by atoms with van der Waals surface area (Å²) >= 11 is 0. The van der Waals surface area contributed by atoms with E-state index in [-0.39, 0.29) is 30.1 Å². The Morgan fingerprint density at radius 1 is 0.762 bits per heavy atom. The fourth-order valence-electron chi connectivity index (χ4n) is 5.41. The predicted octanol–water partition coefficient (Wildman–Crippen LogP) is 7.19. The normalized spacial score (nSPS) is 13.8. The minimum absolute atomic E-state index is 0.0658. The molecule has 0 aromatic heterocycles. The second-order valence-corrected chi connectivity index (χ2v) is 11.7. The Bertz CT molecular complexity index is 1480. The number of hydrogen-bond donors (Lipinski definition) is 2. The lowest BCUT2D eigenvalue weighted by Crippen LogP contribution is -2.48. The van der Waals surface area contributed by atoms with Crippen LogP contribution in [0.2, 0.25) is 0 Å². The van der Waals surface area contributed by atoms with Crippen molar-refractivity contribution in [2.75, 3.05) is 6.61 Å². The summed E-state index contributed by atoms with van der Waals surface area (Å²) in [6.45, 7) is 8.08. The van der Waals surface area contributed by atoms with Crippen LogP contribution in [-0.4, -0.2) is 30.3 Å². The average molecular weight is 563 g/mol. The molecule has 2 N–H and O–H groups in total. The molecule has 4 aromatic rings. The highest BCUT2D eigenvalue weighted by Crippen LogP contribution is 2.44. The first kappa shape index (κ1) is 28.9. The van der Waals surface area contributed by atoms with Gasteiger partial charge in [-0.15, -0.1) is 0 Å². The Hall–Kier alpha value is -4.58. The van der Waals surface area contributed by atoms with Crippen LogP contribution in [0.3, 0.4) is 0 Å². The third kappa shape index (κ3) is 7.00. The number of nitrogens with one attached hydrogen (secondary N) is 2. The van der Waals surface area contributed by atoms with Gasteiger partial charge in [-0.25, -0.2) is 4.79 Å². The molecule has 2 amide bonds. The maximum Gasteiger partial charge on any atom is 0.407 e. The summed E-state index contributed by atoms with van der Waals surface area (Å²) in [7, 11) is 0. The van der Waals surface area contributed by atoms with E-state index in [2.05, 4.69) is 34.9 Å². The Morgan fingerprint density at radius 3 is 1.93 bits per heavy atom. The van der Waals surface area contributed by atoms with Crippen molar-refractivity contribution in [3.05, 3.63) is 125 Å². The molecule has 0 spiro atoms. The molecule has 0 unspecified atom stereocenters. The first-order valence-electron chi connectivity index (χ1n) is 14.4. The van der Waals surface area contributed by atoms with Gasteiger partial charge in [0.2, 0.25) is 5.91 Å². The fraction of sp³-hybridized carbons (Fsp3) is 0.278. The van der Waals surface area contributed by atoms with Crippen molar-refractivity contribution in [2.45, 2.75) is 57.7 Å². The van der Waals surface area contributed by atoms with Crippen molar-refractivity contribution in [3.8, 4) is 16.9 Å². The Balaban J connectivity index is 1.29. The predicted molar refractivity (Wildman–Crippen MR) is 166 cm³/mol. The standard InChI is InChI=1S/C36H38N2O4/c1-24(26-12-6-5-7-13-26)37-34(39)33(22-25-18-20-27(21-19-25)42-36(2,3)4)38-35(40)41-23-32-30-16-10-8-14-28(30)29-15-9-11-17-31(29)32/h5-21,24,32-33H,22-23H2,1-4H3,(H,37,39)(H,38,40)/t24-,33+/m1/s1. The molecule has 0 heterocycles. The SMILES string of the molecule is C[C@@H](NC(=O)[C@H](Cc1ccc(OC(C)(C)C)cc1)NC(=O)OCC1c2ccccc2-c2ccccc21)c1ccccc1. The van der Waals surface area contributed by atoms with Gasteiger partial charge in [-0.05, 0) is 73.2 Å². The number of rotatable bonds is 9. The van der Waals surface area contributed by atoms with E-state index in [0.717, 1.165) is 39.1 Å². The zero-order chi connectivity index (χ0) is 29.7. The second-order valence-electron chi connectivity index (χ2n) is 11.7. The number of ether oxygens (including phenoxy) is 2. The minimum atomic E-state index is -0.832. The molecular formula is C36H38N2O4. The van der Waals surface area contributed by atoms with Gasteiger partial charge in [0.25, 0.3) is 0 Å². The first-order valence-corrected chi connectivity index (χ1v) is 14.4. The van der Waals surface area contributed by atoms with E-state index in [0.29, 0.717) is 6.42 Å². The molecule has 4 aromatic carbocycles. The number of carbonyl (C=O) groups excluding carboxylic acids is 2. The molecule has 0 aliphatic heterocycles. The number of alkyl carbamates (subject to hydrolysis) is 1. The van der Waals surface area contributed by atoms with E-state index in [1.165, 1.54) is 0 Å². The van der Waals surface area contributed by atoms with Crippen molar-refractivity contribution in [2.24, 2.45) is 0 Å². The van der Waals surface area contributed by atoms with E-state index < -0.39 is 12.1 Å². The molecule has 0 fully saturated rings. The highest BCUT2D eigenvalue weighted by atomic mass is 16.5. The summed E-state index contributed by atoms with van der Waals surface area (Å²) in [5, 5.41) is 5.90. The molecular weight excluding hydrogens is 524 g/mol. The van der Waals surface area contributed by atoms with Gasteiger partial charge in [0.05, 0.1) is 6.04 Å². The number of hydrogen-bond acceptors (Lipinski definition) is 4. The average Bonchev–Trinajstić information content (AvgIpc) is 3.30. The number of fused-ring (bicyclic) bond motifs is 3. The Morgan fingerprint density at radius 2 is 1.33 bits per heavy atom. The molecule has 216 valence electrons. The minimum Gasteiger partial charge on any atom is -0.488 e. The summed E-state index contributed by atoms with van der Waals surface area (Å²) in [5.74, 6) is 0.396. The van der Waals surface area contributed by atoms with Crippen LogP contribution >= 0.6 is 0 Å². The van der Waals surface area contributed by atoms with Crippen molar-refractivity contribution in [1.29, 1.82) is 0 Å². The van der Waals surface area contributed by atoms with Gasteiger partial charge < -0.3 is 20.1 Å². The summed E-state index contributed by atoms with van der Waals surface area (Å²) in [4.78, 5) is 26.7. The van der Waals surface area contributed by atoms with Gasteiger partial charge in [0.15, 0.2) is 0 Å². The monoisotopic (exact) mass is 562 g/mol. The summed E-state index contributed by atoms with van der Waals surface area (Å²) in [6.07, 6.45) is -0.329. The largest absolute Gasteiger partial charge is 0.488 e. The van der Waals surface area contributed by atoms with E-state index >= 15 is 0 Å². The molecule has 6 heteroatoms. The van der Waals surface area contributed by atoms with Crippen LogP contribution < -0.4 is 15.4 Å². The second kappa shape index (κ2) is 12.5. The Kier molecular flexibility index (Phi) is 8.62. The van der Waals surface area contributed by atoms with Crippen LogP contribution in [-0.2, 0) is 16.0 Å². The Labute approximate surface area is 248 Å². The van der Waals surface area contributed by atoms with Crippen LogP contribution in [0.25, 0.3) is 11.1 Å². The molecule has 0 saturated carbocycles. The first-order chi connectivity index (χ1) is 20.2. The van der Waals surface area contributed by atoms with Gasteiger partial charge in [-0.3, -0.25) is 4.79 Å². The zero-order valence-corrected chi connectivity index (χ0v) is 24.6. The van der Waals surface area contributed by atoms with Gasteiger partial charge in [0.1, 0.15) is 24.0 Å². The van der Waals surface area contributed by atoms with Crippen LogP contribution in [0.4, 0.5) is 4.79 Å². The third-order valence-corrected chi connectivity index (χ3v) is 7.40. The molecule has 1 aliphatic carbocycles. The van der Waals surface area contributed by atoms with Gasteiger partial charge in [-0.2, -0.15) is 0 Å².